The Kier molecular flexibility index (Phi) is 6.44. The molecule has 1 aliphatic rings. The zero-order chi connectivity index (χ0) is 21.1. The number of fused-ring (bicyclic) bond motifs is 1. The van der Waals surface area contributed by atoms with Crippen molar-refractivity contribution < 1.29 is 4.79 Å². The Hall–Kier alpha value is -2.31. The summed E-state index contributed by atoms with van der Waals surface area (Å²) in [5.41, 5.74) is 4.99. The fraction of sp³-hybridized carbons (Fsp3) is 0.348. The Balaban J connectivity index is 1.35. The molecule has 0 aliphatic heterocycles. The maximum atomic E-state index is 12.5. The van der Waals surface area contributed by atoms with Crippen molar-refractivity contribution >= 4 is 29.3 Å². The molecule has 1 amide bonds. The number of nitrogens with zero attached hydrogens (tertiary/aromatic N) is 3. The molecule has 156 valence electrons. The predicted octanol–water partition coefficient (Wildman–Crippen LogP) is 4.98. The highest BCUT2D eigenvalue weighted by molar-refractivity contribution is 7.99. The minimum absolute atomic E-state index is 0.0127. The summed E-state index contributed by atoms with van der Waals surface area (Å²) in [7, 11) is 1.90. The monoisotopic (exact) mass is 440 g/mol. The molecule has 5 nitrogen and oxygen atoms in total. The van der Waals surface area contributed by atoms with E-state index in [1.54, 1.807) is 0 Å². The van der Waals surface area contributed by atoms with Gasteiger partial charge in [0, 0.05) is 17.6 Å². The zero-order valence-electron chi connectivity index (χ0n) is 17.2. The van der Waals surface area contributed by atoms with E-state index in [1.807, 2.05) is 42.8 Å². The average Bonchev–Trinajstić information content (AvgIpc) is 3.12. The maximum absolute atomic E-state index is 12.5. The van der Waals surface area contributed by atoms with Crippen molar-refractivity contribution in [3.63, 3.8) is 0 Å². The van der Waals surface area contributed by atoms with Gasteiger partial charge in [-0.05, 0) is 73.6 Å². The van der Waals surface area contributed by atoms with Crippen LogP contribution in [-0.4, -0.2) is 26.4 Å². The van der Waals surface area contributed by atoms with Gasteiger partial charge >= 0.3 is 0 Å². The number of amides is 1. The largest absolute Gasteiger partial charge is 0.349 e. The van der Waals surface area contributed by atoms with Gasteiger partial charge in [-0.1, -0.05) is 41.6 Å². The molecule has 0 spiro atoms. The van der Waals surface area contributed by atoms with Crippen molar-refractivity contribution in [3.8, 4) is 11.4 Å². The molecule has 3 aromatic rings. The molecule has 1 heterocycles. The van der Waals surface area contributed by atoms with Gasteiger partial charge in [0.15, 0.2) is 11.0 Å². The van der Waals surface area contributed by atoms with Crippen LogP contribution in [0.25, 0.3) is 11.4 Å². The van der Waals surface area contributed by atoms with Crippen LogP contribution in [0.15, 0.2) is 47.6 Å². The van der Waals surface area contributed by atoms with Gasteiger partial charge in [0.1, 0.15) is 0 Å². The lowest BCUT2D eigenvalue weighted by Gasteiger charge is -2.20. The SMILES string of the molecule is CC(NC(=O)CSc1nnc(-c2ccc(Cl)cc2)n1C)c1ccc2c(c1)CCCC2. The molecule has 4 rings (SSSR count). The van der Waals surface area contributed by atoms with E-state index in [0.717, 1.165) is 23.4 Å². The summed E-state index contributed by atoms with van der Waals surface area (Å²) in [5, 5.41) is 13.0. The van der Waals surface area contributed by atoms with Crippen molar-refractivity contribution in [2.45, 2.75) is 43.8 Å². The van der Waals surface area contributed by atoms with Crippen molar-refractivity contribution in [1.82, 2.24) is 20.1 Å². The Bertz CT molecular complexity index is 1050. The number of aryl methyl sites for hydroxylation is 2. The molecule has 1 aromatic heterocycles. The molecule has 1 N–H and O–H groups in total. The predicted molar refractivity (Wildman–Crippen MR) is 122 cm³/mol. The summed E-state index contributed by atoms with van der Waals surface area (Å²) >= 11 is 7.34. The van der Waals surface area contributed by atoms with Gasteiger partial charge in [0.05, 0.1) is 11.8 Å². The van der Waals surface area contributed by atoms with Crippen LogP contribution in [0, 0.1) is 0 Å². The van der Waals surface area contributed by atoms with E-state index in [1.165, 1.54) is 42.2 Å². The van der Waals surface area contributed by atoms with Crippen molar-refractivity contribution in [2.75, 3.05) is 5.75 Å². The summed E-state index contributed by atoms with van der Waals surface area (Å²) in [6.07, 6.45) is 4.84. The van der Waals surface area contributed by atoms with Crippen molar-refractivity contribution in [3.05, 3.63) is 64.2 Å². The van der Waals surface area contributed by atoms with Crippen LogP contribution in [-0.2, 0) is 24.7 Å². The summed E-state index contributed by atoms with van der Waals surface area (Å²) in [6, 6.07) is 14.1. The molecule has 0 fully saturated rings. The second-order valence-corrected chi connectivity index (χ2v) is 9.06. The zero-order valence-corrected chi connectivity index (χ0v) is 18.8. The van der Waals surface area contributed by atoms with E-state index in [0.29, 0.717) is 15.9 Å². The molecule has 0 radical (unpaired) electrons. The van der Waals surface area contributed by atoms with Crippen molar-refractivity contribution in [1.29, 1.82) is 0 Å². The van der Waals surface area contributed by atoms with E-state index in [9.17, 15) is 4.79 Å². The maximum Gasteiger partial charge on any atom is 0.230 e. The fourth-order valence-electron chi connectivity index (χ4n) is 3.81. The van der Waals surface area contributed by atoms with Gasteiger partial charge in [-0.15, -0.1) is 10.2 Å². The van der Waals surface area contributed by atoms with Crippen LogP contribution in [0.1, 0.15) is 42.5 Å². The molecule has 2 aromatic carbocycles. The number of carbonyl (C=O) groups excluding carboxylic acids is 1. The summed E-state index contributed by atoms with van der Waals surface area (Å²) < 4.78 is 1.90. The lowest BCUT2D eigenvalue weighted by molar-refractivity contribution is -0.119. The summed E-state index contributed by atoms with van der Waals surface area (Å²) in [6.45, 7) is 2.04. The Morgan fingerprint density at radius 3 is 2.63 bits per heavy atom. The molecule has 1 aliphatic carbocycles. The van der Waals surface area contributed by atoms with Gasteiger partial charge in [0.25, 0.3) is 0 Å². The molecular weight excluding hydrogens is 416 g/mol. The second-order valence-electron chi connectivity index (χ2n) is 7.69. The van der Waals surface area contributed by atoms with Gasteiger partial charge in [-0.25, -0.2) is 0 Å². The highest BCUT2D eigenvalue weighted by Crippen LogP contribution is 2.26. The van der Waals surface area contributed by atoms with Gasteiger partial charge < -0.3 is 9.88 Å². The van der Waals surface area contributed by atoms with Gasteiger partial charge in [0.2, 0.25) is 5.91 Å². The number of carbonyl (C=O) groups is 1. The first-order valence-electron chi connectivity index (χ1n) is 10.2. The molecule has 0 bridgehead atoms. The van der Waals surface area contributed by atoms with E-state index in [2.05, 4.69) is 33.7 Å². The normalized spacial score (nSPS) is 14.2. The van der Waals surface area contributed by atoms with Crippen LogP contribution in [0.5, 0.6) is 0 Å². The van der Waals surface area contributed by atoms with Crippen molar-refractivity contribution in [2.24, 2.45) is 7.05 Å². The first-order valence-corrected chi connectivity index (χ1v) is 11.6. The number of nitrogens with one attached hydrogen (secondary N) is 1. The number of hydrogen-bond donors (Lipinski definition) is 1. The van der Waals surface area contributed by atoms with Crippen LogP contribution in [0.4, 0.5) is 0 Å². The molecule has 30 heavy (non-hydrogen) atoms. The first kappa shape index (κ1) is 20.9. The highest BCUT2D eigenvalue weighted by Gasteiger charge is 2.16. The van der Waals surface area contributed by atoms with Gasteiger partial charge in [-0.2, -0.15) is 0 Å². The third-order valence-corrected chi connectivity index (χ3v) is 6.79. The van der Waals surface area contributed by atoms with E-state index in [4.69, 9.17) is 11.6 Å². The Morgan fingerprint density at radius 2 is 1.87 bits per heavy atom. The number of benzene rings is 2. The molecule has 0 saturated carbocycles. The molecular formula is C23H25ClN4OS. The van der Waals surface area contributed by atoms with Gasteiger partial charge in [-0.3, -0.25) is 4.79 Å². The minimum atomic E-state index is -0.0190. The highest BCUT2D eigenvalue weighted by atomic mass is 35.5. The molecule has 1 unspecified atom stereocenters. The quantitative estimate of drug-likeness (QED) is 0.549. The third kappa shape index (κ3) is 4.71. The number of halogens is 1. The van der Waals surface area contributed by atoms with Crippen LogP contribution in [0.2, 0.25) is 5.02 Å². The average molecular weight is 441 g/mol. The lowest BCUT2D eigenvalue weighted by atomic mass is 9.89. The van der Waals surface area contributed by atoms with Crippen LogP contribution < -0.4 is 5.32 Å². The Morgan fingerprint density at radius 1 is 1.13 bits per heavy atom. The molecule has 7 heteroatoms. The van der Waals surface area contributed by atoms with Crippen LogP contribution in [0.3, 0.4) is 0 Å². The molecule has 1 atom stereocenters. The second kappa shape index (κ2) is 9.23. The number of thioether (sulfide) groups is 1. The molecule has 0 saturated heterocycles. The summed E-state index contributed by atoms with van der Waals surface area (Å²) in [5.74, 6) is 1.03. The van der Waals surface area contributed by atoms with E-state index in [-0.39, 0.29) is 11.9 Å². The minimum Gasteiger partial charge on any atom is -0.349 e. The topological polar surface area (TPSA) is 59.8 Å². The number of hydrogen-bond acceptors (Lipinski definition) is 4. The smallest absolute Gasteiger partial charge is 0.230 e. The fourth-order valence-corrected chi connectivity index (χ4v) is 4.66. The standard InChI is InChI=1S/C23H25ClN4OS/c1-15(18-8-7-16-5-3-4-6-19(16)13-18)25-21(29)14-30-23-27-26-22(28(23)2)17-9-11-20(24)12-10-17/h7-13,15H,3-6,14H2,1-2H3,(H,25,29). The lowest BCUT2D eigenvalue weighted by Crippen LogP contribution is -2.28. The van der Waals surface area contributed by atoms with E-state index < -0.39 is 0 Å². The number of rotatable bonds is 6. The Labute approximate surface area is 186 Å². The van der Waals surface area contributed by atoms with Crippen LogP contribution >= 0.6 is 23.4 Å². The number of aromatic nitrogens is 3. The first-order chi connectivity index (χ1) is 14.5. The summed E-state index contributed by atoms with van der Waals surface area (Å²) in [4.78, 5) is 12.5. The van der Waals surface area contributed by atoms with E-state index >= 15 is 0 Å². The third-order valence-electron chi connectivity index (χ3n) is 5.52.